The van der Waals surface area contributed by atoms with Crippen LogP contribution >= 0.6 is 0 Å². The van der Waals surface area contributed by atoms with Crippen LogP contribution in [0.3, 0.4) is 0 Å². The third kappa shape index (κ3) is 14.9. The minimum Gasteiger partial charge on any atom is -0.164 e. The van der Waals surface area contributed by atoms with Crippen molar-refractivity contribution in [2.75, 3.05) is 0 Å². The van der Waals surface area contributed by atoms with Gasteiger partial charge >= 0.3 is 26.2 Å². The van der Waals surface area contributed by atoms with Crippen LogP contribution in [0.5, 0.6) is 0 Å². The van der Waals surface area contributed by atoms with Gasteiger partial charge in [0.2, 0.25) is 0 Å². The van der Waals surface area contributed by atoms with Crippen molar-refractivity contribution < 1.29 is 26.2 Å². The Bertz CT molecular complexity index is 2600. The predicted octanol–water partition coefficient (Wildman–Crippen LogP) is 20.9. The summed E-state index contributed by atoms with van der Waals surface area (Å²) in [4.78, 5) is 0. The molecular formula is C70H88SiZr. The normalized spacial score (nSPS) is 12.5. The van der Waals surface area contributed by atoms with Gasteiger partial charge in [-0.15, -0.1) is 44.8 Å². The first-order valence-electron chi connectivity index (χ1n) is 26.3. The Morgan fingerprint density at radius 1 is 0.319 bits per heavy atom. The monoisotopic (exact) mass is 1050 g/mol. The number of rotatable bonds is 6. The molecule has 2 heteroatoms. The standard InChI is InChI=1S/2C34H41.C2H6Si.Zr/c2*1-32(2,3)22-23-20-30-28(24-10-14-26(15-11-24)33(4,5)6)18-19-29(31(30)21-23)25-12-16-27(17-13-25)34(7,8)9;1-3-2;/h2*10-21H,22H2,1-9H3;1-2H3;/q2*-1;;+2. The van der Waals surface area contributed by atoms with Crippen molar-refractivity contribution >= 4 is 31.1 Å². The van der Waals surface area contributed by atoms with E-state index in [2.05, 4.69) is 283 Å². The second-order valence-corrected chi connectivity index (χ2v) is 28.0. The predicted molar refractivity (Wildman–Crippen MR) is 319 cm³/mol. The Balaban J connectivity index is 0.000000250. The maximum atomic E-state index is 2.43. The van der Waals surface area contributed by atoms with Crippen molar-refractivity contribution in [1.29, 1.82) is 0 Å². The first-order valence-corrected chi connectivity index (χ1v) is 28.3. The summed E-state index contributed by atoms with van der Waals surface area (Å²) in [7, 11) is 1.08. The van der Waals surface area contributed by atoms with Gasteiger partial charge in [0, 0.05) is 9.52 Å². The summed E-state index contributed by atoms with van der Waals surface area (Å²) >= 11 is 0. The fourth-order valence-electron chi connectivity index (χ4n) is 9.75. The zero-order chi connectivity index (χ0) is 52.5. The van der Waals surface area contributed by atoms with Crippen LogP contribution in [0, 0.1) is 10.8 Å². The molecule has 0 amide bonds. The van der Waals surface area contributed by atoms with Crippen molar-refractivity contribution in [2.24, 2.45) is 10.8 Å². The van der Waals surface area contributed by atoms with E-state index in [1.165, 1.54) is 99.4 Å². The number of fused-ring (bicyclic) bond motifs is 2. The molecule has 0 unspecified atom stereocenters. The second kappa shape index (κ2) is 22.6. The molecule has 0 fully saturated rings. The van der Waals surface area contributed by atoms with E-state index < -0.39 is 0 Å². The van der Waals surface area contributed by atoms with Crippen LogP contribution in [0.2, 0.25) is 13.1 Å². The van der Waals surface area contributed by atoms with Crippen molar-refractivity contribution in [3.8, 4) is 44.5 Å². The zero-order valence-electron chi connectivity index (χ0n) is 48.3. The molecule has 0 atom stereocenters. The van der Waals surface area contributed by atoms with Crippen molar-refractivity contribution in [1.82, 2.24) is 0 Å². The molecule has 72 heavy (non-hydrogen) atoms. The molecule has 8 aromatic rings. The Kier molecular flexibility index (Phi) is 18.4. The number of benzene rings is 6. The van der Waals surface area contributed by atoms with Gasteiger partial charge in [-0.05, 0) is 78.7 Å². The Hall–Kier alpha value is -4.36. The third-order valence-corrected chi connectivity index (χ3v) is 13.6. The topological polar surface area (TPSA) is 0 Å². The molecule has 376 valence electrons. The summed E-state index contributed by atoms with van der Waals surface area (Å²) in [6.07, 6.45) is 2.15. The van der Waals surface area contributed by atoms with E-state index in [-0.39, 0.29) is 58.7 Å². The van der Waals surface area contributed by atoms with Gasteiger partial charge < -0.3 is 0 Å². The van der Waals surface area contributed by atoms with E-state index in [4.69, 9.17) is 0 Å². The average molecular weight is 1050 g/mol. The van der Waals surface area contributed by atoms with Crippen molar-refractivity contribution in [3.05, 3.63) is 179 Å². The van der Waals surface area contributed by atoms with Crippen LogP contribution in [0.25, 0.3) is 66.1 Å². The largest absolute Gasteiger partial charge is 2.00 e. The number of hydrogen-bond donors (Lipinski definition) is 0. The Morgan fingerprint density at radius 3 is 0.736 bits per heavy atom. The molecule has 0 saturated heterocycles. The van der Waals surface area contributed by atoms with E-state index in [0.29, 0.717) is 0 Å². The fraction of sp³-hybridized carbons (Fsp3) is 0.400. The van der Waals surface area contributed by atoms with Gasteiger partial charge in [0.15, 0.2) is 0 Å². The molecule has 2 radical (unpaired) electrons. The minimum absolute atomic E-state index is 0. The second-order valence-electron chi connectivity index (χ2n) is 27.0. The molecule has 0 aliphatic rings. The van der Waals surface area contributed by atoms with Crippen LogP contribution in [0.15, 0.2) is 146 Å². The van der Waals surface area contributed by atoms with Crippen LogP contribution in [-0.2, 0) is 60.7 Å². The van der Waals surface area contributed by atoms with Crippen LogP contribution in [0.4, 0.5) is 0 Å². The van der Waals surface area contributed by atoms with Crippen LogP contribution < -0.4 is 0 Å². The Labute approximate surface area is 460 Å². The summed E-state index contributed by atoms with van der Waals surface area (Å²) in [6, 6.07) is 55.7. The molecule has 0 aromatic heterocycles. The van der Waals surface area contributed by atoms with Crippen LogP contribution in [-0.4, -0.2) is 9.52 Å². The SMILES string of the molecule is CC(C)(C)Cc1cc2c(-c3ccc(C(C)(C)C)cc3)ccc(-c3ccc(C(C)(C)C)cc3)c2[cH-]1.CC(C)(C)Cc1cc2c(-c3ccc(C(C)(C)C)cc3)ccc(-c3ccc(C(C)(C)C)cc3)c2[cH-]1.C[Si]C.[Zr+2]. The number of hydrogen-bond acceptors (Lipinski definition) is 0. The smallest absolute Gasteiger partial charge is 0.164 e. The van der Waals surface area contributed by atoms with Gasteiger partial charge in [0.1, 0.15) is 0 Å². The van der Waals surface area contributed by atoms with Gasteiger partial charge in [-0.2, -0.15) is 12.1 Å². The molecule has 0 N–H and O–H groups in total. The molecule has 0 bridgehead atoms. The van der Waals surface area contributed by atoms with Gasteiger partial charge in [0.25, 0.3) is 0 Å². The van der Waals surface area contributed by atoms with E-state index in [1.54, 1.807) is 0 Å². The third-order valence-electron chi connectivity index (χ3n) is 13.6. The molecule has 0 saturated carbocycles. The van der Waals surface area contributed by atoms with Crippen LogP contribution in [0.1, 0.15) is 158 Å². The molecular weight excluding hydrogens is 960 g/mol. The molecule has 0 nitrogen and oxygen atoms in total. The molecule has 0 spiro atoms. The van der Waals surface area contributed by atoms with Gasteiger partial charge in [0.05, 0.1) is 0 Å². The summed E-state index contributed by atoms with van der Waals surface area (Å²) in [6.45, 7) is 45.5. The molecule has 0 heterocycles. The Morgan fingerprint density at radius 2 is 0.528 bits per heavy atom. The summed E-state index contributed by atoms with van der Waals surface area (Å²) in [5, 5.41) is 5.45. The maximum Gasteiger partial charge on any atom is 2.00 e. The van der Waals surface area contributed by atoms with E-state index in [1.807, 2.05) is 0 Å². The van der Waals surface area contributed by atoms with E-state index in [0.717, 1.165) is 22.4 Å². The summed E-state index contributed by atoms with van der Waals surface area (Å²) in [5.74, 6) is 0. The van der Waals surface area contributed by atoms with Crippen molar-refractivity contribution in [3.63, 3.8) is 0 Å². The fourth-order valence-corrected chi connectivity index (χ4v) is 9.75. The van der Waals surface area contributed by atoms with Crippen molar-refractivity contribution in [2.45, 2.75) is 172 Å². The summed E-state index contributed by atoms with van der Waals surface area (Å²) in [5.41, 5.74) is 20.0. The first-order chi connectivity index (χ1) is 32.9. The maximum absolute atomic E-state index is 2.43. The quantitative estimate of drug-likeness (QED) is 0.115. The average Bonchev–Trinajstić information content (AvgIpc) is 3.88. The van der Waals surface area contributed by atoms with E-state index in [9.17, 15) is 0 Å². The molecule has 0 aliphatic heterocycles. The zero-order valence-corrected chi connectivity index (χ0v) is 51.7. The van der Waals surface area contributed by atoms with Gasteiger partial charge in [-0.25, -0.2) is 0 Å². The molecule has 8 rings (SSSR count). The first kappa shape index (κ1) is 58.5. The van der Waals surface area contributed by atoms with Gasteiger partial charge in [-0.1, -0.05) is 292 Å². The minimum atomic E-state index is 0. The van der Waals surface area contributed by atoms with E-state index >= 15 is 0 Å². The molecule has 0 aliphatic carbocycles. The summed E-state index contributed by atoms with van der Waals surface area (Å²) < 4.78 is 0. The molecule has 8 aromatic carbocycles. The van der Waals surface area contributed by atoms with Gasteiger partial charge in [-0.3, -0.25) is 0 Å².